The maximum atomic E-state index is 12.5. The molecule has 0 aliphatic carbocycles. The van der Waals surface area contributed by atoms with E-state index in [0.717, 1.165) is 17.9 Å². The summed E-state index contributed by atoms with van der Waals surface area (Å²) in [4.78, 5) is 12.5. The zero-order chi connectivity index (χ0) is 15.2. The Balaban J connectivity index is 2.07. The Bertz CT molecular complexity index is 851. The molecule has 1 aliphatic rings. The van der Waals surface area contributed by atoms with E-state index < -0.39 is 15.9 Å². The average molecular weight is 478 g/mol. The summed E-state index contributed by atoms with van der Waals surface area (Å²) in [6.07, 6.45) is 0. The summed E-state index contributed by atoms with van der Waals surface area (Å²) in [5.74, 6) is -0.473. The van der Waals surface area contributed by atoms with Gasteiger partial charge in [0.25, 0.3) is 15.9 Å². The molecule has 0 aromatic heterocycles. The molecule has 108 valence electrons. The molecular weight excluding hydrogens is 469 g/mol. The summed E-state index contributed by atoms with van der Waals surface area (Å²) in [5, 5.41) is 0. The Morgan fingerprint density at radius 3 is 2.57 bits per heavy atom. The Morgan fingerprint density at radius 2 is 1.86 bits per heavy atom. The number of nitrogens with zero attached hydrogens (tertiary/aromatic N) is 1. The molecule has 0 spiro atoms. The molecule has 0 saturated carbocycles. The zero-order valence-corrected chi connectivity index (χ0v) is 15.1. The highest BCUT2D eigenvalue weighted by molar-refractivity contribution is 14.1. The summed E-state index contributed by atoms with van der Waals surface area (Å²) in [5.41, 5.74) is 0.992. The van der Waals surface area contributed by atoms with Crippen molar-refractivity contribution in [1.82, 2.24) is 4.31 Å². The van der Waals surface area contributed by atoms with Gasteiger partial charge < -0.3 is 0 Å². The third-order valence-corrected chi connectivity index (χ3v) is 6.47. The predicted molar refractivity (Wildman–Crippen MR) is 90.4 cm³/mol. The monoisotopic (exact) mass is 477 g/mol. The van der Waals surface area contributed by atoms with Gasteiger partial charge in [-0.25, -0.2) is 12.7 Å². The minimum absolute atomic E-state index is 0.0217. The van der Waals surface area contributed by atoms with Gasteiger partial charge in [-0.05, 0) is 52.4 Å². The highest BCUT2D eigenvalue weighted by Crippen LogP contribution is 2.33. The third-order valence-electron chi connectivity index (χ3n) is 3.24. The van der Waals surface area contributed by atoms with Crippen molar-refractivity contribution in [2.45, 2.75) is 11.4 Å². The number of hydrogen-bond donors (Lipinski definition) is 0. The van der Waals surface area contributed by atoms with Gasteiger partial charge in [-0.15, -0.1) is 0 Å². The van der Waals surface area contributed by atoms with Gasteiger partial charge in [-0.1, -0.05) is 34.1 Å². The van der Waals surface area contributed by atoms with Crippen LogP contribution in [0.2, 0.25) is 0 Å². The highest BCUT2D eigenvalue weighted by atomic mass is 127. The van der Waals surface area contributed by atoms with Crippen LogP contribution in [0.5, 0.6) is 0 Å². The molecule has 7 heteroatoms. The van der Waals surface area contributed by atoms with Gasteiger partial charge in [-0.2, -0.15) is 0 Å². The second-order valence-electron chi connectivity index (χ2n) is 4.55. The van der Waals surface area contributed by atoms with Crippen molar-refractivity contribution >= 4 is 54.5 Å². The second-order valence-corrected chi connectivity index (χ2v) is 8.48. The third kappa shape index (κ3) is 2.51. The van der Waals surface area contributed by atoms with E-state index in [1.54, 1.807) is 18.2 Å². The average Bonchev–Trinajstić information content (AvgIpc) is 2.62. The SMILES string of the molecule is O=C1c2cc(I)ccc2S(=O)(=O)N1Cc1ccccc1Br. The molecule has 3 rings (SSSR count). The van der Waals surface area contributed by atoms with Crippen molar-refractivity contribution < 1.29 is 13.2 Å². The van der Waals surface area contributed by atoms with Crippen molar-refractivity contribution in [2.24, 2.45) is 0 Å². The molecule has 0 atom stereocenters. The molecule has 1 amide bonds. The Morgan fingerprint density at radius 1 is 1.14 bits per heavy atom. The first-order chi connectivity index (χ1) is 9.91. The summed E-state index contributed by atoms with van der Waals surface area (Å²) in [7, 11) is -3.77. The van der Waals surface area contributed by atoms with Crippen LogP contribution < -0.4 is 0 Å². The molecule has 1 aliphatic heterocycles. The Hall–Kier alpha value is -0.930. The van der Waals surface area contributed by atoms with Crippen LogP contribution in [0.4, 0.5) is 0 Å². The lowest BCUT2D eigenvalue weighted by atomic mass is 10.2. The van der Waals surface area contributed by atoms with Crippen LogP contribution in [0.25, 0.3) is 0 Å². The fourth-order valence-electron chi connectivity index (χ4n) is 2.19. The smallest absolute Gasteiger partial charge is 0.268 e. The first kappa shape index (κ1) is 15.0. The first-order valence-electron chi connectivity index (χ1n) is 6.01. The number of halogens is 2. The number of rotatable bonds is 2. The van der Waals surface area contributed by atoms with Gasteiger partial charge >= 0.3 is 0 Å². The van der Waals surface area contributed by atoms with E-state index in [1.807, 2.05) is 18.2 Å². The molecule has 2 aromatic carbocycles. The van der Waals surface area contributed by atoms with Crippen LogP contribution in [-0.4, -0.2) is 18.6 Å². The van der Waals surface area contributed by atoms with Gasteiger partial charge in [0.05, 0.1) is 12.1 Å². The van der Waals surface area contributed by atoms with Crippen LogP contribution in [0.3, 0.4) is 0 Å². The maximum absolute atomic E-state index is 12.5. The number of amides is 1. The van der Waals surface area contributed by atoms with Crippen LogP contribution in [0.15, 0.2) is 51.8 Å². The number of carbonyl (C=O) groups is 1. The summed E-state index contributed by atoms with van der Waals surface area (Å²) in [6.45, 7) is 0.0217. The zero-order valence-electron chi connectivity index (χ0n) is 10.6. The minimum Gasteiger partial charge on any atom is -0.268 e. The standard InChI is InChI=1S/C14H9BrINO3S/c15-12-4-2-1-3-9(12)8-17-14(18)11-7-10(16)5-6-13(11)21(17,19)20/h1-7H,8H2. The molecule has 0 fully saturated rings. The van der Waals surface area contributed by atoms with Gasteiger partial charge in [0.15, 0.2) is 0 Å². The quantitative estimate of drug-likeness (QED) is 0.623. The van der Waals surface area contributed by atoms with E-state index in [0.29, 0.717) is 0 Å². The van der Waals surface area contributed by atoms with Crippen molar-refractivity contribution in [3.63, 3.8) is 0 Å². The maximum Gasteiger partial charge on any atom is 0.269 e. The lowest BCUT2D eigenvalue weighted by Gasteiger charge is -2.15. The summed E-state index contributed by atoms with van der Waals surface area (Å²) in [6, 6.07) is 12.0. The highest BCUT2D eigenvalue weighted by Gasteiger charge is 2.41. The van der Waals surface area contributed by atoms with Gasteiger partial charge in [0.1, 0.15) is 4.90 Å². The second kappa shape index (κ2) is 5.36. The molecule has 4 nitrogen and oxygen atoms in total. The van der Waals surface area contributed by atoms with Crippen LogP contribution >= 0.6 is 38.5 Å². The largest absolute Gasteiger partial charge is 0.269 e. The molecule has 0 N–H and O–H groups in total. The fourth-order valence-corrected chi connectivity index (χ4v) is 4.62. The van der Waals surface area contributed by atoms with Crippen molar-refractivity contribution in [2.75, 3.05) is 0 Å². The molecule has 0 saturated heterocycles. The number of fused-ring (bicyclic) bond motifs is 1. The number of benzene rings is 2. The Labute approximate surface area is 144 Å². The normalized spacial score (nSPS) is 16.1. The predicted octanol–water partition coefficient (Wildman–Crippen LogP) is 3.40. The fraction of sp³-hybridized carbons (Fsp3) is 0.0714. The molecular formula is C14H9BrINO3S. The van der Waals surface area contributed by atoms with Gasteiger partial charge in [0.2, 0.25) is 0 Å². The molecule has 21 heavy (non-hydrogen) atoms. The molecule has 0 bridgehead atoms. The molecule has 0 radical (unpaired) electrons. The lowest BCUT2D eigenvalue weighted by molar-refractivity contribution is 0.0864. The van der Waals surface area contributed by atoms with Crippen LogP contribution in [0, 0.1) is 3.57 Å². The van der Waals surface area contributed by atoms with Crippen molar-refractivity contribution in [3.8, 4) is 0 Å². The first-order valence-corrected chi connectivity index (χ1v) is 9.32. The van der Waals surface area contributed by atoms with Crippen LogP contribution in [0.1, 0.15) is 15.9 Å². The van der Waals surface area contributed by atoms with E-state index in [1.165, 1.54) is 6.07 Å². The Kier molecular flexibility index (Phi) is 3.83. The van der Waals surface area contributed by atoms with Crippen molar-refractivity contribution in [3.05, 3.63) is 61.6 Å². The minimum atomic E-state index is -3.77. The van der Waals surface area contributed by atoms with E-state index in [9.17, 15) is 13.2 Å². The number of sulfonamides is 1. The number of carbonyl (C=O) groups excluding carboxylic acids is 1. The summed E-state index contributed by atoms with van der Waals surface area (Å²) < 4.78 is 27.5. The van der Waals surface area contributed by atoms with E-state index in [-0.39, 0.29) is 17.0 Å². The molecule has 2 aromatic rings. The summed E-state index contributed by atoms with van der Waals surface area (Å²) >= 11 is 5.43. The lowest BCUT2D eigenvalue weighted by Crippen LogP contribution is -2.29. The van der Waals surface area contributed by atoms with E-state index >= 15 is 0 Å². The molecule has 0 unspecified atom stereocenters. The van der Waals surface area contributed by atoms with E-state index in [4.69, 9.17) is 0 Å². The number of hydrogen-bond acceptors (Lipinski definition) is 3. The van der Waals surface area contributed by atoms with Crippen LogP contribution in [-0.2, 0) is 16.6 Å². The van der Waals surface area contributed by atoms with Crippen molar-refractivity contribution in [1.29, 1.82) is 0 Å². The van der Waals surface area contributed by atoms with Gasteiger partial charge in [0, 0.05) is 8.04 Å². The topological polar surface area (TPSA) is 54.5 Å². The van der Waals surface area contributed by atoms with E-state index in [2.05, 4.69) is 38.5 Å². The molecule has 1 heterocycles. The van der Waals surface area contributed by atoms with Gasteiger partial charge in [-0.3, -0.25) is 4.79 Å².